The van der Waals surface area contributed by atoms with E-state index in [9.17, 15) is 0 Å². The number of para-hydroxylation sites is 3. The number of benzene rings is 2. The normalized spacial score (nSPS) is 16.1. The van der Waals surface area contributed by atoms with Crippen molar-refractivity contribution < 1.29 is 9.47 Å². The van der Waals surface area contributed by atoms with Crippen LogP contribution in [-0.4, -0.2) is 33.0 Å². The average Bonchev–Trinajstić information content (AvgIpc) is 3.06. The smallest absolute Gasteiger partial charge is 0.231 e. The second-order valence-electron chi connectivity index (χ2n) is 4.93. The lowest BCUT2D eigenvalue weighted by molar-refractivity contribution is 0.174. The monoisotopic (exact) mass is 284 g/mol. The van der Waals surface area contributed by atoms with Crippen molar-refractivity contribution in [2.75, 3.05) is 37.9 Å². The maximum absolute atomic E-state index is 5.08. The lowest BCUT2D eigenvalue weighted by Gasteiger charge is -2.29. The molecule has 1 saturated heterocycles. The van der Waals surface area contributed by atoms with Crippen molar-refractivity contribution in [1.29, 1.82) is 0 Å². The molecule has 0 saturated carbocycles. The minimum Gasteiger partial charge on any atom is -0.454 e. The van der Waals surface area contributed by atoms with Crippen LogP contribution in [0, 0.1) is 0 Å². The molecule has 0 spiro atoms. The maximum Gasteiger partial charge on any atom is 0.231 e. The summed E-state index contributed by atoms with van der Waals surface area (Å²) in [5, 5.41) is 3.34. The fraction of sp³-hybridized carbons (Fsp3) is 0.294. The molecule has 1 N–H and O–H groups in total. The van der Waals surface area contributed by atoms with E-state index in [0.717, 1.165) is 37.7 Å². The van der Waals surface area contributed by atoms with Crippen LogP contribution < -0.4 is 19.7 Å². The number of ether oxygens (including phenoxy) is 2. The van der Waals surface area contributed by atoms with Gasteiger partial charge in [0, 0.05) is 31.9 Å². The van der Waals surface area contributed by atoms with Gasteiger partial charge in [-0.05, 0) is 24.3 Å². The van der Waals surface area contributed by atoms with Crippen LogP contribution in [0.5, 0.6) is 11.5 Å². The molecule has 0 unspecified atom stereocenters. The Morgan fingerprint density at radius 2 is 1.33 bits per heavy atom. The number of fused-ring (bicyclic) bond motifs is 1. The standard InChI is InChI=1S/C10H14N2.C7H6O2/c1-2-4-10(5-3-1)12-8-6-11-7-9-12;1-2-4-7-6(3-1)8-5-9-7/h1-5,11H,6-9H2;1-4H,5H2. The van der Waals surface area contributed by atoms with E-state index < -0.39 is 0 Å². The Hall–Kier alpha value is -2.20. The minimum atomic E-state index is 0.360. The molecule has 0 aromatic heterocycles. The predicted octanol–water partition coefficient (Wildman–Crippen LogP) is 2.51. The molecule has 4 heteroatoms. The molecule has 0 radical (unpaired) electrons. The average molecular weight is 284 g/mol. The fourth-order valence-electron chi connectivity index (χ4n) is 2.41. The summed E-state index contributed by atoms with van der Waals surface area (Å²) in [5.74, 6) is 1.69. The predicted molar refractivity (Wildman–Crippen MR) is 84.1 cm³/mol. The van der Waals surface area contributed by atoms with Gasteiger partial charge in [-0.2, -0.15) is 0 Å². The largest absolute Gasteiger partial charge is 0.454 e. The lowest BCUT2D eigenvalue weighted by Crippen LogP contribution is -2.43. The number of rotatable bonds is 1. The van der Waals surface area contributed by atoms with Crippen LogP contribution in [0.4, 0.5) is 5.69 Å². The first-order valence-corrected chi connectivity index (χ1v) is 7.29. The molecule has 110 valence electrons. The summed E-state index contributed by atoms with van der Waals surface area (Å²) >= 11 is 0. The summed E-state index contributed by atoms with van der Waals surface area (Å²) in [6, 6.07) is 18.2. The van der Waals surface area contributed by atoms with Crippen molar-refractivity contribution in [3.63, 3.8) is 0 Å². The van der Waals surface area contributed by atoms with E-state index in [1.807, 2.05) is 24.3 Å². The van der Waals surface area contributed by atoms with Gasteiger partial charge in [0.2, 0.25) is 6.79 Å². The van der Waals surface area contributed by atoms with Crippen molar-refractivity contribution >= 4 is 5.69 Å². The maximum atomic E-state index is 5.08. The molecule has 0 aliphatic carbocycles. The summed E-state index contributed by atoms with van der Waals surface area (Å²) < 4.78 is 10.2. The number of piperazine rings is 1. The number of hydrogen-bond acceptors (Lipinski definition) is 4. The van der Waals surface area contributed by atoms with Gasteiger partial charge in [-0.3, -0.25) is 0 Å². The quantitative estimate of drug-likeness (QED) is 0.872. The zero-order chi connectivity index (χ0) is 14.3. The SMILES string of the molecule is c1ccc(N2CCNCC2)cc1.c1ccc2c(c1)OCO2. The van der Waals surface area contributed by atoms with Crippen LogP contribution in [0.2, 0.25) is 0 Å². The third kappa shape index (κ3) is 3.67. The van der Waals surface area contributed by atoms with E-state index in [-0.39, 0.29) is 0 Å². The summed E-state index contributed by atoms with van der Waals surface area (Å²) in [7, 11) is 0. The molecule has 21 heavy (non-hydrogen) atoms. The molecular formula is C17H20N2O2. The van der Waals surface area contributed by atoms with E-state index in [2.05, 4.69) is 40.5 Å². The van der Waals surface area contributed by atoms with Crippen LogP contribution in [0.1, 0.15) is 0 Å². The Morgan fingerprint density at radius 3 is 1.95 bits per heavy atom. The third-order valence-electron chi connectivity index (χ3n) is 3.52. The van der Waals surface area contributed by atoms with Gasteiger partial charge >= 0.3 is 0 Å². The Kier molecular flexibility index (Phi) is 4.59. The van der Waals surface area contributed by atoms with Crippen LogP contribution in [-0.2, 0) is 0 Å². The van der Waals surface area contributed by atoms with Gasteiger partial charge in [0.05, 0.1) is 0 Å². The van der Waals surface area contributed by atoms with Gasteiger partial charge < -0.3 is 19.7 Å². The summed E-state index contributed by atoms with van der Waals surface area (Å²) in [5.41, 5.74) is 1.35. The zero-order valence-corrected chi connectivity index (χ0v) is 12.0. The Bertz CT molecular complexity index is 531. The third-order valence-corrected chi connectivity index (χ3v) is 3.52. The number of nitrogens with one attached hydrogen (secondary N) is 1. The van der Waals surface area contributed by atoms with E-state index in [4.69, 9.17) is 9.47 Å². The zero-order valence-electron chi connectivity index (χ0n) is 12.0. The molecule has 4 nitrogen and oxygen atoms in total. The summed E-state index contributed by atoms with van der Waals surface area (Å²) in [4.78, 5) is 2.41. The first kappa shape index (κ1) is 13.8. The first-order valence-electron chi connectivity index (χ1n) is 7.29. The highest BCUT2D eigenvalue weighted by Gasteiger charge is 2.09. The topological polar surface area (TPSA) is 33.7 Å². The molecule has 2 aromatic rings. The highest BCUT2D eigenvalue weighted by molar-refractivity contribution is 5.46. The van der Waals surface area contributed by atoms with Crippen molar-refractivity contribution in [3.8, 4) is 11.5 Å². The fourth-order valence-corrected chi connectivity index (χ4v) is 2.41. The van der Waals surface area contributed by atoms with Gasteiger partial charge in [-0.25, -0.2) is 0 Å². The molecule has 4 rings (SSSR count). The number of hydrogen-bond donors (Lipinski definition) is 1. The molecule has 2 heterocycles. The van der Waals surface area contributed by atoms with E-state index in [1.165, 1.54) is 5.69 Å². The minimum absolute atomic E-state index is 0.360. The molecule has 2 aromatic carbocycles. The van der Waals surface area contributed by atoms with Gasteiger partial charge in [-0.15, -0.1) is 0 Å². The van der Waals surface area contributed by atoms with Gasteiger partial charge in [0.25, 0.3) is 0 Å². The highest BCUT2D eigenvalue weighted by atomic mass is 16.7. The Morgan fingerprint density at radius 1 is 0.762 bits per heavy atom. The molecule has 2 aliphatic heterocycles. The molecule has 0 amide bonds. The second kappa shape index (κ2) is 6.99. The van der Waals surface area contributed by atoms with Crippen molar-refractivity contribution in [2.24, 2.45) is 0 Å². The van der Waals surface area contributed by atoms with Crippen LogP contribution in [0.15, 0.2) is 54.6 Å². The molecule has 0 atom stereocenters. The Balaban J connectivity index is 0.000000131. The van der Waals surface area contributed by atoms with Crippen molar-refractivity contribution in [1.82, 2.24) is 5.32 Å². The lowest BCUT2D eigenvalue weighted by atomic mass is 10.2. The van der Waals surface area contributed by atoms with Crippen LogP contribution in [0.3, 0.4) is 0 Å². The summed E-state index contributed by atoms with van der Waals surface area (Å²) in [6.07, 6.45) is 0. The van der Waals surface area contributed by atoms with Gasteiger partial charge in [-0.1, -0.05) is 30.3 Å². The van der Waals surface area contributed by atoms with Crippen LogP contribution >= 0.6 is 0 Å². The van der Waals surface area contributed by atoms with Crippen molar-refractivity contribution in [3.05, 3.63) is 54.6 Å². The van der Waals surface area contributed by atoms with E-state index in [0.29, 0.717) is 6.79 Å². The molecule has 0 bridgehead atoms. The van der Waals surface area contributed by atoms with Gasteiger partial charge in [0.15, 0.2) is 11.5 Å². The van der Waals surface area contributed by atoms with Crippen LogP contribution in [0.25, 0.3) is 0 Å². The summed E-state index contributed by atoms with van der Waals surface area (Å²) in [6.45, 7) is 4.83. The first-order chi connectivity index (χ1) is 10.4. The van der Waals surface area contributed by atoms with E-state index >= 15 is 0 Å². The number of nitrogens with zero attached hydrogens (tertiary/aromatic N) is 1. The number of anilines is 1. The molecule has 1 fully saturated rings. The Labute approximate surface area is 125 Å². The van der Waals surface area contributed by atoms with Crippen molar-refractivity contribution in [2.45, 2.75) is 0 Å². The second-order valence-corrected chi connectivity index (χ2v) is 4.93. The molecule has 2 aliphatic rings. The highest BCUT2D eigenvalue weighted by Crippen LogP contribution is 2.30. The molecular weight excluding hydrogens is 264 g/mol. The van der Waals surface area contributed by atoms with E-state index in [1.54, 1.807) is 0 Å². The van der Waals surface area contributed by atoms with Gasteiger partial charge in [0.1, 0.15) is 0 Å².